The van der Waals surface area contributed by atoms with Gasteiger partial charge in [-0.05, 0) is 67.6 Å². The van der Waals surface area contributed by atoms with Gasteiger partial charge >= 0.3 is 11.9 Å². The lowest BCUT2D eigenvalue weighted by atomic mass is 9.93. The number of thiazole rings is 1. The van der Waals surface area contributed by atoms with Gasteiger partial charge in [0.25, 0.3) is 5.56 Å². The molecule has 6 rings (SSSR count). The molecule has 1 aliphatic rings. The molecule has 0 bridgehead atoms. The Morgan fingerprint density at radius 3 is 2.25 bits per heavy atom. The summed E-state index contributed by atoms with van der Waals surface area (Å²) in [4.78, 5) is 46.8. The Hall–Kier alpha value is -5.39. The number of thioether (sulfide) groups is 1. The second-order valence-corrected chi connectivity index (χ2v) is 13.2. The van der Waals surface area contributed by atoms with Crippen LogP contribution in [-0.4, -0.2) is 43.1 Å². The van der Waals surface area contributed by atoms with E-state index in [1.165, 1.54) is 11.3 Å². The lowest BCUT2D eigenvalue weighted by Crippen LogP contribution is -2.40. The zero-order valence-electron chi connectivity index (χ0n) is 28.6. The maximum atomic E-state index is 14.5. The number of benzene rings is 4. The molecule has 0 radical (unpaired) electrons. The normalized spacial score (nSPS) is 14.0. The molecule has 1 atom stereocenters. The van der Waals surface area contributed by atoms with Crippen molar-refractivity contribution in [1.29, 1.82) is 0 Å². The first-order valence-corrected chi connectivity index (χ1v) is 18.4. The number of carbonyl (C=O) groups excluding carboxylic acids is 2. The third-order valence-corrected chi connectivity index (χ3v) is 9.90. The summed E-state index contributed by atoms with van der Waals surface area (Å²) < 4.78 is 24.6. The number of para-hydroxylation sites is 1. The van der Waals surface area contributed by atoms with Crippen LogP contribution >= 0.6 is 23.1 Å². The summed E-state index contributed by atoms with van der Waals surface area (Å²) in [6.07, 6.45) is 3.75. The van der Waals surface area contributed by atoms with Gasteiger partial charge in [-0.15, -0.1) is 11.8 Å². The molecule has 0 aliphatic carbocycles. The van der Waals surface area contributed by atoms with E-state index < -0.39 is 12.0 Å². The molecular formula is C40H36N2O7S2. The summed E-state index contributed by atoms with van der Waals surface area (Å²) in [6.45, 7) is 4.16. The number of hydrogen-bond acceptors (Lipinski definition) is 10. The number of esters is 2. The van der Waals surface area contributed by atoms with Gasteiger partial charge in [0.2, 0.25) is 0 Å². The van der Waals surface area contributed by atoms with Crippen LogP contribution in [0.5, 0.6) is 11.5 Å². The van der Waals surface area contributed by atoms with Gasteiger partial charge in [-0.1, -0.05) is 78.1 Å². The van der Waals surface area contributed by atoms with Crippen molar-refractivity contribution in [2.24, 2.45) is 4.99 Å². The highest BCUT2D eigenvalue weighted by Crippen LogP contribution is 2.36. The zero-order chi connectivity index (χ0) is 35.9. The summed E-state index contributed by atoms with van der Waals surface area (Å²) in [6, 6.07) is 29.0. The van der Waals surface area contributed by atoms with E-state index in [4.69, 9.17) is 23.9 Å². The minimum Gasteiger partial charge on any atom is -0.493 e. The second-order valence-electron chi connectivity index (χ2n) is 11.3. The Balaban J connectivity index is 1.47. The van der Waals surface area contributed by atoms with Crippen LogP contribution < -0.4 is 24.4 Å². The summed E-state index contributed by atoms with van der Waals surface area (Å²) in [7, 11) is 1.55. The summed E-state index contributed by atoms with van der Waals surface area (Å²) in [5, 5.41) is 0. The van der Waals surface area contributed by atoms with Gasteiger partial charge in [-0.2, -0.15) is 0 Å². The highest BCUT2D eigenvalue weighted by atomic mass is 32.2. The summed E-state index contributed by atoms with van der Waals surface area (Å²) >= 11 is 2.84. The predicted octanol–water partition coefficient (Wildman–Crippen LogP) is 6.42. The molecule has 4 aromatic carbocycles. The minimum atomic E-state index is -0.785. The fourth-order valence-corrected chi connectivity index (χ4v) is 7.15. The van der Waals surface area contributed by atoms with Crippen molar-refractivity contribution >= 4 is 46.8 Å². The van der Waals surface area contributed by atoms with Crippen LogP contribution in [0.2, 0.25) is 0 Å². The lowest BCUT2D eigenvalue weighted by Gasteiger charge is -2.26. The number of hydrogen-bond donors (Lipinski definition) is 0. The van der Waals surface area contributed by atoms with E-state index in [1.54, 1.807) is 73.7 Å². The van der Waals surface area contributed by atoms with Gasteiger partial charge in [0.1, 0.15) is 6.61 Å². The van der Waals surface area contributed by atoms with Crippen molar-refractivity contribution in [2.75, 3.05) is 26.6 Å². The maximum Gasteiger partial charge on any atom is 0.338 e. The van der Waals surface area contributed by atoms with Crippen LogP contribution in [0.4, 0.5) is 0 Å². The average Bonchev–Trinajstić information content (AvgIpc) is 3.48. The fraction of sp³-hybridized carbons (Fsp3) is 0.200. The van der Waals surface area contributed by atoms with Crippen molar-refractivity contribution in [2.45, 2.75) is 31.4 Å². The molecule has 2 heterocycles. The van der Waals surface area contributed by atoms with E-state index in [9.17, 15) is 14.4 Å². The number of fused-ring (bicyclic) bond motifs is 1. The fourth-order valence-electron chi connectivity index (χ4n) is 5.75. The van der Waals surface area contributed by atoms with Crippen molar-refractivity contribution in [3.05, 3.63) is 150 Å². The Morgan fingerprint density at radius 1 is 0.882 bits per heavy atom. The van der Waals surface area contributed by atoms with Crippen molar-refractivity contribution in [1.82, 2.24) is 4.57 Å². The molecule has 9 nitrogen and oxygen atoms in total. The van der Waals surface area contributed by atoms with E-state index in [-0.39, 0.29) is 24.7 Å². The highest BCUT2D eigenvalue weighted by Gasteiger charge is 2.35. The molecule has 0 fully saturated rings. The van der Waals surface area contributed by atoms with Gasteiger partial charge in [0, 0.05) is 16.0 Å². The minimum absolute atomic E-state index is 0.168. The lowest BCUT2D eigenvalue weighted by molar-refractivity contribution is -0.138. The van der Waals surface area contributed by atoms with Gasteiger partial charge < -0.3 is 18.9 Å². The molecule has 0 spiro atoms. The molecule has 0 saturated heterocycles. The van der Waals surface area contributed by atoms with E-state index in [0.717, 1.165) is 21.6 Å². The van der Waals surface area contributed by atoms with Gasteiger partial charge in [0.05, 0.1) is 47.7 Å². The van der Waals surface area contributed by atoms with Crippen molar-refractivity contribution < 1.29 is 28.5 Å². The van der Waals surface area contributed by atoms with E-state index in [0.29, 0.717) is 49.8 Å². The van der Waals surface area contributed by atoms with Gasteiger partial charge in [0.15, 0.2) is 16.3 Å². The third kappa shape index (κ3) is 7.54. The van der Waals surface area contributed by atoms with Gasteiger partial charge in [-0.3, -0.25) is 9.36 Å². The van der Waals surface area contributed by atoms with Crippen LogP contribution in [0.25, 0.3) is 11.8 Å². The molecule has 1 aromatic heterocycles. The molecule has 1 aliphatic heterocycles. The second kappa shape index (κ2) is 16.1. The molecule has 0 N–H and O–H groups in total. The predicted molar refractivity (Wildman–Crippen MR) is 199 cm³/mol. The van der Waals surface area contributed by atoms with E-state index >= 15 is 0 Å². The average molecular weight is 721 g/mol. The number of methoxy groups -OCH3 is 1. The molecule has 51 heavy (non-hydrogen) atoms. The molecule has 5 aromatic rings. The Labute approximate surface area is 303 Å². The van der Waals surface area contributed by atoms with E-state index in [1.807, 2.05) is 73.0 Å². The summed E-state index contributed by atoms with van der Waals surface area (Å²) in [5.41, 5.74) is 3.83. The first-order valence-electron chi connectivity index (χ1n) is 16.3. The van der Waals surface area contributed by atoms with Gasteiger partial charge in [-0.25, -0.2) is 14.6 Å². The van der Waals surface area contributed by atoms with Crippen LogP contribution in [0, 0.1) is 0 Å². The number of nitrogens with zero attached hydrogens (tertiary/aromatic N) is 2. The molecule has 260 valence electrons. The topological polar surface area (TPSA) is 105 Å². The SMILES string of the molecule is CCOC(=O)C1=C(c2ccccc2)N=c2s/c(=C\c3cccc(OC)c3OCc3ccc(C(=O)OCC)cc3)c(=O)n2[C@@H]1c1ccc(SC)cc1. The maximum absolute atomic E-state index is 14.5. The Kier molecular flexibility index (Phi) is 11.2. The molecule has 0 unspecified atom stereocenters. The highest BCUT2D eigenvalue weighted by molar-refractivity contribution is 7.98. The first-order chi connectivity index (χ1) is 24.9. The monoisotopic (exact) mass is 720 g/mol. The summed E-state index contributed by atoms with van der Waals surface area (Å²) in [5.74, 6) is 0.0131. The van der Waals surface area contributed by atoms with Crippen molar-refractivity contribution in [3.63, 3.8) is 0 Å². The smallest absolute Gasteiger partial charge is 0.338 e. The number of carbonyl (C=O) groups is 2. The quantitative estimate of drug-likeness (QED) is 0.107. The van der Waals surface area contributed by atoms with Crippen LogP contribution in [-0.2, 0) is 20.9 Å². The Morgan fingerprint density at radius 2 is 1.59 bits per heavy atom. The number of aromatic nitrogens is 1. The largest absolute Gasteiger partial charge is 0.493 e. The molecule has 0 saturated carbocycles. The molecule has 11 heteroatoms. The van der Waals surface area contributed by atoms with Crippen LogP contribution in [0.15, 0.2) is 117 Å². The standard InChI is InChI=1S/C40H36N2O7S2/c1-5-47-38(44)28-17-15-25(16-18-28)24-49-36-29(13-10-14-31(36)46-3)23-32-37(43)42-35(27-19-21-30(50-4)22-20-27)33(39(45)48-6-2)34(41-40(42)51-32)26-11-8-7-9-12-26/h7-23,35H,5-6,24H2,1-4H3/b32-23-/t35-/m1/s1. The number of ether oxygens (including phenoxy) is 4. The molecule has 0 amide bonds. The third-order valence-electron chi connectivity index (χ3n) is 8.17. The van der Waals surface area contributed by atoms with Crippen molar-refractivity contribution in [3.8, 4) is 11.5 Å². The number of rotatable bonds is 12. The van der Waals surface area contributed by atoms with E-state index in [2.05, 4.69) is 0 Å². The molecular weight excluding hydrogens is 685 g/mol. The zero-order valence-corrected chi connectivity index (χ0v) is 30.2. The van der Waals surface area contributed by atoms with Crippen LogP contribution in [0.1, 0.15) is 52.5 Å². The first kappa shape index (κ1) is 35.4. The van der Waals surface area contributed by atoms with Crippen LogP contribution in [0.3, 0.4) is 0 Å². The Bertz CT molecular complexity index is 2260.